The summed E-state index contributed by atoms with van der Waals surface area (Å²) in [7, 11) is 0. The van der Waals surface area contributed by atoms with Crippen molar-refractivity contribution in [2.45, 2.75) is 20.5 Å². The maximum absolute atomic E-state index is 14.2. The van der Waals surface area contributed by atoms with Crippen molar-refractivity contribution in [2.24, 2.45) is 0 Å². The van der Waals surface area contributed by atoms with E-state index >= 15 is 0 Å². The zero-order valence-electron chi connectivity index (χ0n) is 21.4. The van der Waals surface area contributed by atoms with Crippen LogP contribution in [0.5, 0.6) is 17.2 Å². The lowest BCUT2D eigenvalue weighted by Gasteiger charge is -2.26. The van der Waals surface area contributed by atoms with Gasteiger partial charge in [0.25, 0.3) is 5.91 Å². The van der Waals surface area contributed by atoms with E-state index in [0.29, 0.717) is 37.8 Å². The van der Waals surface area contributed by atoms with Crippen molar-refractivity contribution in [1.29, 1.82) is 0 Å². The third-order valence-corrected chi connectivity index (χ3v) is 6.11. The number of aliphatic carboxylic acids is 1. The van der Waals surface area contributed by atoms with Gasteiger partial charge in [-0.2, -0.15) is 0 Å². The van der Waals surface area contributed by atoms with Crippen molar-refractivity contribution in [2.75, 3.05) is 39.5 Å². The van der Waals surface area contributed by atoms with E-state index in [4.69, 9.17) is 24.1 Å². The number of rotatable bonds is 10. The molecule has 3 aromatic rings. The van der Waals surface area contributed by atoms with E-state index < -0.39 is 18.4 Å². The van der Waals surface area contributed by atoms with Crippen LogP contribution in [0.2, 0.25) is 0 Å². The summed E-state index contributed by atoms with van der Waals surface area (Å²) in [4.78, 5) is 24.8. The minimum Gasteiger partial charge on any atom is -0.489 e. The first-order valence-electron chi connectivity index (χ1n) is 12.3. The second-order valence-corrected chi connectivity index (χ2v) is 8.98. The van der Waals surface area contributed by atoms with Crippen LogP contribution in [0.1, 0.15) is 16.7 Å². The molecular formula is C29H30FNO7. The largest absolute Gasteiger partial charge is 0.489 e. The van der Waals surface area contributed by atoms with Gasteiger partial charge in [0.2, 0.25) is 0 Å². The number of ether oxygens (including phenoxy) is 4. The summed E-state index contributed by atoms with van der Waals surface area (Å²) >= 11 is 0. The van der Waals surface area contributed by atoms with E-state index in [-0.39, 0.29) is 24.9 Å². The Hall–Kier alpha value is -4.11. The Labute approximate surface area is 220 Å². The highest BCUT2D eigenvalue weighted by Gasteiger charge is 2.18. The van der Waals surface area contributed by atoms with E-state index in [1.807, 2.05) is 50.2 Å². The lowest BCUT2D eigenvalue weighted by Crippen LogP contribution is -2.42. The summed E-state index contributed by atoms with van der Waals surface area (Å²) in [6.45, 7) is 5.84. The van der Waals surface area contributed by atoms with Crippen LogP contribution < -0.4 is 14.2 Å². The monoisotopic (exact) mass is 523 g/mol. The molecule has 1 amide bonds. The molecule has 0 radical (unpaired) electrons. The van der Waals surface area contributed by atoms with Gasteiger partial charge in [-0.05, 0) is 72.0 Å². The summed E-state index contributed by atoms with van der Waals surface area (Å²) < 4.78 is 35.9. The number of morpholine rings is 1. The molecule has 1 saturated heterocycles. The van der Waals surface area contributed by atoms with Gasteiger partial charge in [0.05, 0.1) is 13.2 Å². The van der Waals surface area contributed by atoms with Crippen molar-refractivity contribution < 1.29 is 38.0 Å². The molecule has 1 aliphatic heterocycles. The Kier molecular flexibility index (Phi) is 8.81. The van der Waals surface area contributed by atoms with Gasteiger partial charge < -0.3 is 29.0 Å². The van der Waals surface area contributed by atoms with Crippen LogP contribution in [0, 0.1) is 19.7 Å². The molecule has 1 fully saturated rings. The summed E-state index contributed by atoms with van der Waals surface area (Å²) in [6, 6.07) is 15.8. The highest BCUT2D eigenvalue weighted by atomic mass is 19.1. The number of carbonyl (C=O) groups excluding carboxylic acids is 1. The Morgan fingerprint density at radius 3 is 2.34 bits per heavy atom. The third kappa shape index (κ3) is 7.01. The summed E-state index contributed by atoms with van der Waals surface area (Å²) in [5.74, 6) is -1.14. The Morgan fingerprint density at radius 2 is 1.66 bits per heavy atom. The summed E-state index contributed by atoms with van der Waals surface area (Å²) in [5.41, 5.74) is 4.97. The zero-order chi connectivity index (χ0) is 27.1. The number of hydrogen-bond acceptors (Lipinski definition) is 6. The average molecular weight is 524 g/mol. The molecule has 0 spiro atoms. The number of carboxylic acids is 1. The molecule has 0 aromatic heterocycles. The van der Waals surface area contributed by atoms with E-state index in [0.717, 1.165) is 33.9 Å². The topological polar surface area (TPSA) is 94.5 Å². The van der Waals surface area contributed by atoms with Gasteiger partial charge in [0.15, 0.2) is 24.8 Å². The Balaban J connectivity index is 1.40. The lowest BCUT2D eigenvalue weighted by atomic mass is 9.94. The first-order chi connectivity index (χ1) is 18.3. The Bertz CT molecular complexity index is 1280. The van der Waals surface area contributed by atoms with Crippen molar-refractivity contribution in [3.05, 3.63) is 77.1 Å². The van der Waals surface area contributed by atoms with E-state index in [1.54, 1.807) is 4.90 Å². The number of carboxylic acid groups (broad SMARTS) is 1. The zero-order valence-corrected chi connectivity index (χ0v) is 21.4. The van der Waals surface area contributed by atoms with Gasteiger partial charge in [0, 0.05) is 19.2 Å². The van der Waals surface area contributed by atoms with Gasteiger partial charge in [-0.25, -0.2) is 9.18 Å². The molecule has 9 heteroatoms. The van der Waals surface area contributed by atoms with Crippen LogP contribution in [-0.2, 0) is 20.9 Å². The van der Waals surface area contributed by atoms with Crippen LogP contribution in [0.25, 0.3) is 11.1 Å². The number of nitrogens with zero attached hydrogens (tertiary/aromatic N) is 1. The second kappa shape index (κ2) is 12.4. The smallest absolute Gasteiger partial charge is 0.341 e. The lowest BCUT2D eigenvalue weighted by molar-refractivity contribution is -0.139. The molecule has 0 unspecified atom stereocenters. The van der Waals surface area contributed by atoms with Crippen molar-refractivity contribution >= 4 is 11.9 Å². The minimum atomic E-state index is -1.18. The standard InChI is InChI=1S/C29H30FNO7/c1-19-12-24(37-17-27(32)31-8-10-35-11-9-31)13-20(2)29(19)22-5-3-4-21(14-22)16-36-23-6-7-26(25(30)15-23)38-18-28(33)34/h3-7,12-15H,8-11,16-18H2,1-2H3,(H,33,34). The molecular weight excluding hydrogens is 493 g/mol. The fourth-order valence-corrected chi connectivity index (χ4v) is 4.32. The maximum Gasteiger partial charge on any atom is 0.341 e. The predicted octanol–water partition coefficient (Wildman–Crippen LogP) is 4.39. The summed E-state index contributed by atoms with van der Waals surface area (Å²) in [5, 5.41) is 8.68. The maximum atomic E-state index is 14.2. The van der Waals surface area contributed by atoms with E-state index in [2.05, 4.69) is 0 Å². The molecule has 0 atom stereocenters. The molecule has 8 nitrogen and oxygen atoms in total. The van der Waals surface area contributed by atoms with Crippen molar-refractivity contribution in [1.82, 2.24) is 4.90 Å². The number of halogens is 1. The number of benzene rings is 3. The minimum absolute atomic E-state index is 0.0156. The number of aryl methyl sites for hydroxylation is 2. The Morgan fingerprint density at radius 1 is 0.921 bits per heavy atom. The molecule has 200 valence electrons. The summed E-state index contributed by atoms with van der Waals surface area (Å²) in [6.07, 6.45) is 0. The van der Waals surface area contributed by atoms with Crippen LogP contribution in [0.15, 0.2) is 54.6 Å². The van der Waals surface area contributed by atoms with Crippen molar-refractivity contribution in [3.63, 3.8) is 0 Å². The van der Waals surface area contributed by atoms with Crippen molar-refractivity contribution in [3.8, 4) is 28.4 Å². The van der Waals surface area contributed by atoms with Gasteiger partial charge in [-0.1, -0.05) is 18.2 Å². The predicted molar refractivity (Wildman–Crippen MR) is 138 cm³/mol. The van der Waals surface area contributed by atoms with Gasteiger partial charge in [-0.3, -0.25) is 4.79 Å². The first-order valence-corrected chi connectivity index (χ1v) is 12.3. The molecule has 3 aromatic carbocycles. The number of carbonyl (C=O) groups is 2. The normalized spacial score (nSPS) is 13.2. The third-order valence-electron chi connectivity index (χ3n) is 6.11. The molecule has 0 saturated carbocycles. The fraction of sp³-hybridized carbons (Fsp3) is 0.310. The molecule has 4 rings (SSSR count). The SMILES string of the molecule is Cc1cc(OCC(=O)N2CCOCC2)cc(C)c1-c1cccc(COc2ccc(OCC(=O)O)c(F)c2)c1. The second-order valence-electron chi connectivity index (χ2n) is 8.98. The van der Waals surface area contributed by atoms with Crippen LogP contribution in [0.3, 0.4) is 0 Å². The van der Waals surface area contributed by atoms with E-state index in [1.165, 1.54) is 12.1 Å². The first kappa shape index (κ1) is 26.9. The quantitative estimate of drug-likeness (QED) is 0.421. The van der Waals surface area contributed by atoms with Crippen LogP contribution >= 0.6 is 0 Å². The van der Waals surface area contributed by atoms with E-state index in [9.17, 15) is 14.0 Å². The molecule has 1 aliphatic rings. The molecule has 0 bridgehead atoms. The number of hydrogen-bond donors (Lipinski definition) is 1. The van der Waals surface area contributed by atoms with Gasteiger partial charge >= 0.3 is 5.97 Å². The average Bonchev–Trinajstić information content (AvgIpc) is 2.90. The van der Waals surface area contributed by atoms with Crippen LogP contribution in [-0.4, -0.2) is 61.4 Å². The van der Waals surface area contributed by atoms with Gasteiger partial charge in [-0.15, -0.1) is 0 Å². The van der Waals surface area contributed by atoms with Crippen LogP contribution in [0.4, 0.5) is 4.39 Å². The molecule has 38 heavy (non-hydrogen) atoms. The fourth-order valence-electron chi connectivity index (χ4n) is 4.32. The van der Waals surface area contributed by atoms with Gasteiger partial charge in [0.1, 0.15) is 18.1 Å². The molecule has 1 N–H and O–H groups in total. The molecule has 1 heterocycles. The highest BCUT2D eigenvalue weighted by molar-refractivity contribution is 5.78. The number of amides is 1. The molecule has 0 aliphatic carbocycles. The highest BCUT2D eigenvalue weighted by Crippen LogP contribution is 2.32.